The number of aromatic nitrogens is 1. The van der Waals surface area contributed by atoms with Gasteiger partial charge in [0.2, 0.25) is 0 Å². The zero-order valence-electron chi connectivity index (χ0n) is 18.2. The van der Waals surface area contributed by atoms with Crippen LogP contribution in [-0.2, 0) is 0 Å². The molecule has 4 nitrogen and oxygen atoms in total. The van der Waals surface area contributed by atoms with Crippen LogP contribution in [0.5, 0.6) is 11.5 Å². The number of benzene rings is 4. The molecule has 0 N–H and O–H groups in total. The van der Waals surface area contributed by atoms with E-state index in [1.807, 2.05) is 42.5 Å². The van der Waals surface area contributed by atoms with Gasteiger partial charge in [0.15, 0.2) is 11.5 Å². The van der Waals surface area contributed by atoms with Crippen molar-refractivity contribution in [1.29, 1.82) is 5.26 Å². The molecule has 160 valence electrons. The van der Waals surface area contributed by atoms with Crippen molar-refractivity contribution >= 4 is 17.1 Å². The van der Waals surface area contributed by atoms with Crippen LogP contribution in [0, 0.1) is 11.3 Å². The number of pyridine rings is 1. The second-order valence-corrected chi connectivity index (χ2v) is 8.00. The van der Waals surface area contributed by atoms with Crippen molar-refractivity contribution in [2.24, 2.45) is 0 Å². The van der Waals surface area contributed by atoms with Gasteiger partial charge in [-0.2, -0.15) is 5.26 Å². The highest BCUT2D eigenvalue weighted by Gasteiger charge is 2.26. The predicted octanol–water partition coefficient (Wildman–Crippen LogP) is 7.86. The Morgan fingerprint density at radius 3 is 1.82 bits per heavy atom. The third-order valence-corrected chi connectivity index (χ3v) is 6.03. The SMILES string of the molecule is N#Cc1cnccc1-c1ccc(-c2ccccc2N2c3ccccc3Oc3ccccc32)cc1. The fourth-order valence-electron chi connectivity index (χ4n) is 4.44. The number of fused-ring (bicyclic) bond motifs is 2. The van der Waals surface area contributed by atoms with E-state index in [1.54, 1.807) is 12.4 Å². The Morgan fingerprint density at radius 1 is 0.618 bits per heavy atom. The maximum Gasteiger partial charge on any atom is 0.151 e. The van der Waals surface area contributed by atoms with Gasteiger partial charge in [0, 0.05) is 23.5 Å². The van der Waals surface area contributed by atoms with Crippen LogP contribution in [-0.4, -0.2) is 4.98 Å². The van der Waals surface area contributed by atoms with Gasteiger partial charge in [-0.1, -0.05) is 66.7 Å². The van der Waals surface area contributed by atoms with Crippen molar-refractivity contribution in [3.8, 4) is 39.8 Å². The maximum atomic E-state index is 9.45. The lowest BCUT2D eigenvalue weighted by atomic mass is 9.97. The average Bonchev–Trinajstić information content (AvgIpc) is 2.92. The first-order chi connectivity index (χ1) is 16.8. The Hall–Kier alpha value is -4.88. The molecular formula is C30H19N3O. The van der Waals surface area contributed by atoms with E-state index in [1.165, 1.54) is 0 Å². The monoisotopic (exact) mass is 437 g/mol. The van der Waals surface area contributed by atoms with Crippen molar-refractivity contribution in [1.82, 2.24) is 4.98 Å². The third-order valence-electron chi connectivity index (χ3n) is 6.03. The quantitative estimate of drug-likeness (QED) is 0.283. The lowest BCUT2D eigenvalue weighted by molar-refractivity contribution is 0.477. The van der Waals surface area contributed by atoms with Crippen LogP contribution in [0.15, 0.2) is 116 Å². The number of nitrogens with zero attached hydrogens (tertiary/aromatic N) is 3. The average molecular weight is 438 g/mol. The van der Waals surface area contributed by atoms with Gasteiger partial charge in [-0.3, -0.25) is 4.98 Å². The number of anilines is 3. The van der Waals surface area contributed by atoms with E-state index < -0.39 is 0 Å². The van der Waals surface area contributed by atoms with Crippen LogP contribution in [0.4, 0.5) is 17.1 Å². The lowest BCUT2D eigenvalue weighted by Gasteiger charge is -2.34. The second kappa shape index (κ2) is 8.23. The van der Waals surface area contributed by atoms with Crippen LogP contribution in [0.1, 0.15) is 5.56 Å². The minimum atomic E-state index is 0.567. The summed E-state index contributed by atoms with van der Waals surface area (Å²) in [6.07, 6.45) is 3.32. The summed E-state index contributed by atoms with van der Waals surface area (Å²) in [4.78, 5) is 6.33. The topological polar surface area (TPSA) is 49.2 Å². The van der Waals surface area contributed by atoms with E-state index in [4.69, 9.17) is 4.74 Å². The molecule has 6 rings (SSSR count). The third kappa shape index (κ3) is 3.28. The van der Waals surface area contributed by atoms with Gasteiger partial charge in [0.1, 0.15) is 6.07 Å². The van der Waals surface area contributed by atoms with Gasteiger partial charge in [-0.05, 0) is 47.5 Å². The predicted molar refractivity (Wildman–Crippen MR) is 135 cm³/mol. The van der Waals surface area contributed by atoms with Gasteiger partial charge in [-0.15, -0.1) is 0 Å². The second-order valence-electron chi connectivity index (χ2n) is 8.00. The molecule has 0 unspecified atom stereocenters. The molecule has 1 aromatic heterocycles. The summed E-state index contributed by atoms with van der Waals surface area (Å²) in [7, 11) is 0. The number of hydrogen-bond donors (Lipinski definition) is 0. The molecule has 0 amide bonds. The van der Waals surface area contributed by atoms with Crippen molar-refractivity contribution in [3.05, 3.63) is 121 Å². The Kier molecular flexibility index (Phi) is 4.79. The van der Waals surface area contributed by atoms with Crippen molar-refractivity contribution < 1.29 is 4.74 Å². The van der Waals surface area contributed by atoms with E-state index in [0.717, 1.165) is 50.8 Å². The fourth-order valence-corrected chi connectivity index (χ4v) is 4.44. The molecule has 5 aromatic rings. The molecule has 0 saturated carbocycles. The first-order valence-corrected chi connectivity index (χ1v) is 11.0. The normalized spacial score (nSPS) is 11.7. The number of ether oxygens (including phenoxy) is 1. The number of rotatable bonds is 3. The van der Waals surface area contributed by atoms with Crippen molar-refractivity contribution in [2.75, 3.05) is 4.90 Å². The van der Waals surface area contributed by atoms with Crippen molar-refractivity contribution in [2.45, 2.75) is 0 Å². The summed E-state index contributed by atoms with van der Waals surface area (Å²) in [6, 6.07) is 37.0. The van der Waals surface area contributed by atoms with E-state index >= 15 is 0 Å². The summed E-state index contributed by atoms with van der Waals surface area (Å²) >= 11 is 0. The fraction of sp³-hybridized carbons (Fsp3) is 0. The Morgan fingerprint density at radius 2 is 1.18 bits per heavy atom. The molecule has 4 aromatic carbocycles. The summed E-state index contributed by atoms with van der Waals surface area (Å²) < 4.78 is 6.19. The molecule has 4 heteroatoms. The molecule has 1 aliphatic rings. The highest BCUT2D eigenvalue weighted by Crippen LogP contribution is 2.51. The molecule has 0 bridgehead atoms. The molecule has 0 aliphatic carbocycles. The lowest BCUT2D eigenvalue weighted by Crippen LogP contribution is -2.16. The van der Waals surface area contributed by atoms with Crippen molar-refractivity contribution in [3.63, 3.8) is 0 Å². The van der Waals surface area contributed by atoms with Gasteiger partial charge in [0.05, 0.1) is 22.6 Å². The molecule has 0 saturated heterocycles. The van der Waals surface area contributed by atoms with E-state index in [2.05, 4.69) is 76.6 Å². The van der Waals surface area contributed by atoms with Crippen LogP contribution in [0.3, 0.4) is 0 Å². The van der Waals surface area contributed by atoms with Gasteiger partial charge in [0.25, 0.3) is 0 Å². The van der Waals surface area contributed by atoms with Crippen LogP contribution < -0.4 is 9.64 Å². The van der Waals surface area contributed by atoms with Crippen LogP contribution in [0.25, 0.3) is 22.3 Å². The number of hydrogen-bond acceptors (Lipinski definition) is 4. The molecule has 2 heterocycles. The van der Waals surface area contributed by atoms with E-state index in [-0.39, 0.29) is 0 Å². The summed E-state index contributed by atoms with van der Waals surface area (Å²) in [5.74, 6) is 1.65. The number of para-hydroxylation sites is 5. The van der Waals surface area contributed by atoms with Gasteiger partial charge >= 0.3 is 0 Å². The molecule has 1 aliphatic heterocycles. The minimum absolute atomic E-state index is 0.567. The highest BCUT2D eigenvalue weighted by atomic mass is 16.5. The van der Waals surface area contributed by atoms with E-state index in [9.17, 15) is 5.26 Å². The standard InChI is InChI=1S/C30H19N3O/c31-19-23-20-32-18-17-24(23)21-13-15-22(16-14-21)25-7-1-2-8-26(25)33-27-9-3-5-11-29(27)34-30-12-6-4-10-28(30)33/h1-18,20H. The molecule has 0 radical (unpaired) electrons. The van der Waals surface area contributed by atoms with Gasteiger partial charge in [-0.25, -0.2) is 0 Å². The molecule has 0 fully saturated rings. The Balaban J connectivity index is 1.48. The van der Waals surface area contributed by atoms with Crippen LogP contribution in [0.2, 0.25) is 0 Å². The van der Waals surface area contributed by atoms with Crippen LogP contribution >= 0.6 is 0 Å². The molecule has 0 spiro atoms. The summed E-state index contributed by atoms with van der Waals surface area (Å²) in [6.45, 7) is 0. The first kappa shape index (κ1) is 19.8. The maximum absolute atomic E-state index is 9.45. The summed E-state index contributed by atoms with van der Waals surface area (Å²) in [5, 5.41) is 9.45. The molecular weight excluding hydrogens is 418 g/mol. The Bertz CT molecular complexity index is 1500. The van der Waals surface area contributed by atoms with Gasteiger partial charge < -0.3 is 9.64 Å². The van der Waals surface area contributed by atoms with E-state index in [0.29, 0.717) is 5.56 Å². The molecule has 34 heavy (non-hydrogen) atoms. The zero-order valence-corrected chi connectivity index (χ0v) is 18.2. The smallest absolute Gasteiger partial charge is 0.151 e. The Labute approximate surface area is 198 Å². The zero-order chi connectivity index (χ0) is 22.9. The minimum Gasteiger partial charge on any atom is -0.453 e. The summed E-state index contributed by atoms with van der Waals surface area (Å²) in [5.41, 5.74) is 7.71. The highest BCUT2D eigenvalue weighted by molar-refractivity contribution is 5.93. The largest absolute Gasteiger partial charge is 0.453 e. The number of nitriles is 1. The molecule has 0 atom stereocenters. The first-order valence-electron chi connectivity index (χ1n) is 11.0.